The molecule has 0 aliphatic carbocycles. The minimum absolute atomic E-state index is 0.359. The minimum atomic E-state index is -0.359. The van der Waals surface area contributed by atoms with E-state index >= 15 is 0 Å². The molecular weight excluding hydrogens is 292 g/mol. The van der Waals surface area contributed by atoms with Gasteiger partial charge in [-0.1, -0.05) is 0 Å². The SMILES string of the molecule is C/C(=N/C(=O)c1cnn2c(-c3cccnc3)ccnc12)N(C)C. The van der Waals surface area contributed by atoms with E-state index in [1.807, 2.05) is 32.3 Å². The number of carbonyl (C=O) groups excluding carboxylic acids is 1. The topological polar surface area (TPSA) is 75.8 Å². The lowest BCUT2D eigenvalue weighted by Crippen LogP contribution is -2.19. The molecule has 0 radical (unpaired) electrons. The summed E-state index contributed by atoms with van der Waals surface area (Å²) in [5, 5.41) is 4.29. The van der Waals surface area contributed by atoms with Crippen molar-refractivity contribution in [2.75, 3.05) is 14.1 Å². The van der Waals surface area contributed by atoms with Gasteiger partial charge in [-0.25, -0.2) is 9.50 Å². The molecule has 23 heavy (non-hydrogen) atoms. The van der Waals surface area contributed by atoms with Crippen molar-refractivity contribution in [3.05, 3.63) is 48.5 Å². The van der Waals surface area contributed by atoms with Gasteiger partial charge in [0.25, 0.3) is 5.91 Å². The summed E-state index contributed by atoms with van der Waals surface area (Å²) in [6.45, 7) is 1.78. The summed E-state index contributed by atoms with van der Waals surface area (Å²) in [5.41, 5.74) is 2.56. The molecule has 0 atom stereocenters. The van der Waals surface area contributed by atoms with Crippen molar-refractivity contribution >= 4 is 17.4 Å². The molecule has 7 heteroatoms. The summed E-state index contributed by atoms with van der Waals surface area (Å²) in [5.74, 6) is 0.264. The molecule has 0 N–H and O–H groups in total. The Morgan fingerprint density at radius 3 is 2.74 bits per heavy atom. The Kier molecular flexibility index (Phi) is 3.84. The van der Waals surface area contributed by atoms with Gasteiger partial charge in [0, 0.05) is 38.2 Å². The molecule has 0 aliphatic rings. The Balaban J connectivity index is 2.09. The first-order valence-electron chi connectivity index (χ1n) is 7.08. The van der Waals surface area contributed by atoms with Crippen LogP contribution in [0.2, 0.25) is 0 Å². The first kappa shape index (κ1) is 14.8. The van der Waals surface area contributed by atoms with Gasteiger partial charge in [-0.3, -0.25) is 9.78 Å². The van der Waals surface area contributed by atoms with Crippen LogP contribution >= 0.6 is 0 Å². The molecule has 116 valence electrons. The van der Waals surface area contributed by atoms with Gasteiger partial charge in [-0.2, -0.15) is 10.1 Å². The van der Waals surface area contributed by atoms with Crippen LogP contribution in [0, 0.1) is 0 Å². The predicted octanol–water partition coefficient (Wildman–Crippen LogP) is 1.91. The number of nitrogens with zero attached hydrogens (tertiary/aromatic N) is 6. The van der Waals surface area contributed by atoms with Crippen LogP contribution in [0.1, 0.15) is 17.3 Å². The highest BCUT2D eigenvalue weighted by atomic mass is 16.1. The van der Waals surface area contributed by atoms with Gasteiger partial charge in [0.05, 0.1) is 11.9 Å². The molecule has 1 amide bonds. The van der Waals surface area contributed by atoms with E-state index in [-0.39, 0.29) is 5.91 Å². The fourth-order valence-electron chi connectivity index (χ4n) is 2.08. The number of hydrogen-bond donors (Lipinski definition) is 0. The molecular formula is C16H16N6O. The summed E-state index contributed by atoms with van der Waals surface area (Å²) in [7, 11) is 3.67. The second-order valence-corrected chi connectivity index (χ2v) is 5.22. The maximum Gasteiger partial charge on any atom is 0.284 e. The Hall–Kier alpha value is -3.09. The number of carbonyl (C=O) groups is 1. The summed E-state index contributed by atoms with van der Waals surface area (Å²) in [6, 6.07) is 5.61. The predicted molar refractivity (Wildman–Crippen MR) is 87.3 cm³/mol. The Morgan fingerprint density at radius 1 is 1.22 bits per heavy atom. The van der Waals surface area contributed by atoms with Crippen molar-refractivity contribution in [2.24, 2.45) is 4.99 Å². The van der Waals surface area contributed by atoms with Gasteiger partial charge in [0.1, 0.15) is 11.4 Å². The van der Waals surface area contributed by atoms with E-state index in [9.17, 15) is 4.79 Å². The molecule has 3 heterocycles. The third kappa shape index (κ3) is 2.80. The molecule has 0 fully saturated rings. The lowest BCUT2D eigenvalue weighted by Gasteiger charge is -2.09. The Bertz CT molecular complexity index is 882. The number of hydrogen-bond acceptors (Lipinski definition) is 4. The maximum atomic E-state index is 12.4. The summed E-state index contributed by atoms with van der Waals surface area (Å²) in [4.78, 5) is 26.6. The molecule has 3 aromatic heterocycles. The highest BCUT2D eigenvalue weighted by Crippen LogP contribution is 2.20. The second kappa shape index (κ2) is 5.96. The van der Waals surface area contributed by atoms with Crippen LogP contribution in [0.4, 0.5) is 0 Å². The third-order valence-corrected chi connectivity index (χ3v) is 3.50. The maximum absolute atomic E-state index is 12.4. The van der Waals surface area contributed by atoms with E-state index < -0.39 is 0 Å². The second-order valence-electron chi connectivity index (χ2n) is 5.22. The van der Waals surface area contributed by atoms with Gasteiger partial charge >= 0.3 is 0 Å². The first-order valence-corrected chi connectivity index (χ1v) is 7.08. The summed E-state index contributed by atoms with van der Waals surface area (Å²) in [6.07, 6.45) is 6.60. The minimum Gasteiger partial charge on any atom is -0.366 e. The largest absolute Gasteiger partial charge is 0.366 e. The molecule has 0 bridgehead atoms. The van der Waals surface area contributed by atoms with Crippen LogP contribution in [0.25, 0.3) is 16.9 Å². The zero-order valence-corrected chi connectivity index (χ0v) is 13.1. The normalized spacial score (nSPS) is 11.7. The zero-order chi connectivity index (χ0) is 16.4. The first-order chi connectivity index (χ1) is 11.1. The van der Waals surface area contributed by atoms with Crippen LogP contribution in [-0.4, -0.2) is 50.3 Å². The van der Waals surface area contributed by atoms with Crippen LogP contribution in [-0.2, 0) is 0 Å². The van der Waals surface area contributed by atoms with Crippen molar-refractivity contribution < 1.29 is 4.79 Å². The van der Waals surface area contributed by atoms with E-state index in [2.05, 4.69) is 20.1 Å². The van der Waals surface area contributed by atoms with Crippen LogP contribution in [0.15, 0.2) is 48.0 Å². The standard InChI is InChI=1S/C16H16N6O/c1-11(21(2)3)20-16(23)13-10-19-22-14(6-8-18-15(13)22)12-5-4-7-17-9-12/h4-10H,1-3H3/b20-11-. The fourth-order valence-corrected chi connectivity index (χ4v) is 2.08. The van der Waals surface area contributed by atoms with Gasteiger partial charge in [0.2, 0.25) is 0 Å². The number of pyridine rings is 1. The van der Waals surface area contributed by atoms with E-state index in [0.717, 1.165) is 11.3 Å². The monoisotopic (exact) mass is 308 g/mol. The van der Waals surface area contributed by atoms with Gasteiger partial charge in [-0.05, 0) is 25.1 Å². The van der Waals surface area contributed by atoms with Crippen LogP contribution in [0.3, 0.4) is 0 Å². The van der Waals surface area contributed by atoms with Crippen LogP contribution < -0.4 is 0 Å². The van der Waals surface area contributed by atoms with Crippen molar-refractivity contribution in [1.82, 2.24) is 24.5 Å². The number of aliphatic imine (C=N–C) groups is 1. The summed E-state index contributed by atoms with van der Waals surface area (Å²) >= 11 is 0. The fraction of sp³-hybridized carbons (Fsp3) is 0.188. The Morgan fingerprint density at radius 2 is 2.04 bits per heavy atom. The molecule has 0 unspecified atom stereocenters. The van der Waals surface area contributed by atoms with Crippen LogP contribution in [0.5, 0.6) is 0 Å². The average molecular weight is 308 g/mol. The lowest BCUT2D eigenvalue weighted by atomic mass is 10.2. The van der Waals surface area contributed by atoms with E-state index in [1.54, 1.807) is 34.9 Å². The van der Waals surface area contributed by atoms with Gasteiger partial charge < -0.3 is 4.90 Å². The van der Waals surface area contributed by atoms with Crippen molar-refractivity contribution in [2.45, 2.75) is 6.92 Å². The van der Waals surface area contributed by atoms with Gasteiger partial charge in [0.15, 0.2) is 5.65 Å². The number of fused-ring (bicyclic) bond motifs is 1. The highest BCUT2D eigenvalue weighted by molar-refractivity contribution is 6.06. The van der Waals surface area contributed by atoms with Crippen molar-refractivity contribution in [3.8, 4) is 11.3 Å². The number of rotatable bonds is 2. The van der Waals surface area contributed by atoms with E-state index in [1.165, 1.54) is 6.20 Å². The lowest BCUT2D eigenvalue weighted by molar-refractivity contribution is 0.100. The zero-order valence-electron chi connectivity index (χ0n) is 13.1. The van der Waals surface area contributed by atoms with E-state index in [4.69, 9.17) is 0 Å². The molecule has 0 saturated heterocycles. The molecule has 3 aromatic rings. The molecule has 0 spiro atoms. The molecule has 7 nitrogen and oxygen atoms in total. The smallest absolute Gasteiger partial charge is 0.284 e. The van der Waals surface area contributed by atoms with E-state index in [0.29, 0.717) is 17.0 Å². The molecule has 0 aliphatic heterocycles. The van der Waals surface area contributed by atoms with Crippen molar-refractivity contribution in [3.63, 3.8) is 0 Å². The van der Waals surface area contributed by atoms with Gasteiger partial charge in [-0.15, -0.1) is 0 Å². The average Bonchev–Trinajstić information content (AvgIpc) is 2.99. The molecule has 3 rings (SSSR count). The third-order valence-electron chi connectivity index (χ3n) is 3.50. The number of amidine groups is 1. The molecule has 0 saturated carbocycles. The number of aromatic nitrogens is 4. The quantitative estimate of drug-likeness (QED) is 0.534. The highest BCUT2D eigenvalue weighted by Gasteiger charge is 2.16. The number of amides is 1. The molecule has 0 aromatic carbocycles. The summed E-state index contributed by atoms with van der Waals surface area (Å²) < 4.78 is 1.63. The Labute approximate surface area is 133 Å². The van der Waals surface area contributed by atoms with Crippen molar-refractivity contribution in [1.29, 1.82) is 0 Å².